The molecule has 0 aliphatic rings. The van der Waals surface area contributed by atoms with E-state index in [1.165, 1.54) is 11.4 Å². The molecule has 1 aromatic carbocycles. The van der Waals surface area contributed by atoms with E-state index in [2.05, 4.69) is 5.32 Å². The minimum Gasteiger partial charge on any atom is -0.459 e. The lowest BCUT2D eigenvalue weighted by Crippen LogP contribution is -2.31. The molecule has 1 amide bonds. The highest BCUT2D eigenvalue weighted by molar-refractivity contribution is 7.89. The van der Waals surface area contributed by atoms with Crippen LogP contribution in [-0.4, -0.2) is 26.9 Å². The van der Waals surface area contributed by atoms with Gasteiger partial charge in [0.1, 0.15) is 21.1 Å². The number of nitrogens with two attached hydrogens (primary N) is 1. The van der Waals surface area contributed by atoms with Crippen LogP contribution in [0.4, 0.5) is 0 Å². The van der Waals surface area contributed by atoms with E-state index in [-0.39, 0.29) is 9.77 Å². The van der Waals surface area contributed by atoms with Crippen LogP contribution >= 0.6 is 11.3 Å². The van der Waals surface area contributed by atoms with Crippen molar-refractivity contribution in [2.45, 2.75) is 17.9 Å². The number of carbonyl (C=O) groups excluding carboxylic acids is 2. The Morgan fingerprint density at radius 2 is 2.04 bits per heavy atom. The van der Waals surface area contributed by atoms with E-state index in [4.69, 9.17) is 14.3 Å². The number of thiophene rings is 1. The van der Waals surface area contributed by atoms with Gasteiger partial charge in [-0.3, -0.25) is 4.79 Å². The van der Waals surface area contributed by atoms with Gasteiger partial charge >= 0.3 is 5.97 Å². The summed E-state index contributed by atoms with van der Waals surface area (Å²) in [6, 6.07) is 10.0. The second-order valence-electron chi connectivity index (χ2n) is 5.71. The number of nitrogens with one attached hydrogen (secondary N) is 1. The largest absolute Gasteiger partial charge is 0.459 e. The number of hydrogen-bond donors (Lipinski definition) is 2. The number of para-hydroxylation sites is 1. The fourth-order valence-electron chi connectivity index (χ4n) is 2.44. The number of sulfonamides is 1. The van der Waals surface area contributed by atoms with Crippen LogP contribution in [0.1, 0.15) is 28.4 Å². The van der Waals surface area contributed by atoms with Crippen LogP contribution in [0.25, 0.3) is 11.0 Å². The number of esters is 1. The van der Waals surface area contributed by atoms with Crippen LogP contribution in [0.2, 0.25) is 0 Å². The Labute approximate surface area is 159 Å². The maximum Gasteiger partial charge on any atom is 0.350 e. The molecular formula is C17H16N2O6S2. The van der Waals surface area contributed by atoms with Crippen LogP contribution in [0.3, 0.4) is 0 Å². The summed E-state index contributed by atoms with van der Waals surface area (Å²) < 4.78 is 33.4. The van der Waals surface area contributed by atoms with Gasteiger partial charge in [0.15, 0.2) is 6.61 Å². The summed E-state index contributed by atoms with van der Waals surface area (Å²) in [7, 11) is -4.04. The molecule has 0 unspecified atom stereocenters. The Hall–Kier alpha value is -2.69. The van der Waals surface area contributed by atoms with Gasteiger partial charge in [-0.15, -0.1) is 11.3 Å². The summed E-state index contributed by atoms with van der Waals surface area (Å²) in [5.41, 5.74) is 0.702. The lowest BCUT2D eigenvalue weighted by atomic mass is 10.2. The predicted octanol–water partition coefficient (Wildman–Crippen LogP) is 2.18. The molecule has 142 valence electrons. The van der Waals surface area contributed by atoms with Gasteiger partial charge < -0.3 is 14.5 Å². The van der Waals surface area contributed by atoms with Crippen LogP contribution in [0.15, 0.2) is 51.1 Å². The third kappa shape index (κ3) is 4.35. The second-order valence-corrected chi connectivity index (χ2v) is 8.16. The Morgan fingerprint density at radius 3 is 2.74 bits per heavy atom. The van der Waals surface area contributed by atoms with Crippen molar-refractivity contribution in [2.24, 2.45) is 5.14 Å². The summed E-state index contributed by atoms with van der Waals surface area (Å²) in [6.07, 6.45) is 0. The number of fused-ring (bicyclic) bond motifs is 1. The quantitative estimate of drug-likeness (QED) is 0.602. The van der Waals surface area contributed by atoms with Crippen molar-refractivity contribution in [3.05, 3.63) is 52.4 Å². The first-order valence-electron chi connectivity index (χ1n) is 7.81. The Balaban J connectivity index is 1.59. The molecule has 0 saturated heterocycles. The molecular weight excluding hydrogens is 392 g/mol. The van der Waals surface area contributed by atoms with Gasteiger partial charge in [-0.25, -0.2) is 18.4 Å². The molecule has 10 heteroatoms. The molecule has 3 rings (SSSR count). The number of hydrogen-bond acceptors (Lipinski definition) is 7. The zero-order valence-electron chi connectivity index (χ0n) is 14.2. The highest BCUT2D eigenvalue weighted by Crippen LogP contribution is 2.24. The van der Waals surface area contributed by atoms with E-state index in [9.17, 15) is 18.0 Å². The number of carbonyl (C=O) groups is 2. The van der Waals surface area contributed by atoms with Crippen molar-refractivity contribution in [3.8, 4) is 0 Å². The zero-order valence-corrected chi connectivity index (χ0v) is 15.8. The van der Waals surface area contributed by atoms with E-state index in [0.717, 1.165) is 16.7 Å². The van der Waals surface area contributed by atoms with E-state index >= 15 is 0 Å². The van der Waals surface area contributed by atoms with Crippen molar-refractivity contribution in [2.75, 3.05) is 6.61 Å². The van der Waals surface area contributed by atoms with Crippen LogP contribution in [-0.2, 0) is 19.6 Å². The van der Waals surface area contributed by atoms with Crippen molar-refractivity contribution >= 4 is 44.2 Å². The van der Waals surface area contributed by atoms with Crippen LogP contribution < -0.4 is 10.5 Å². The lowest BCUT2D eigenvalue weighted by Gasteiger charge is -2.11. The summed E-state index contributed by atoms with van der Waals surface area (Å²) in [6.45, 7) is 1.17. The molecule has 8 nitrogen and oxygen atoms in total. The Morgan fingerprint density at radius 1 is 1.30 bits per heavy atom. The standard InChI is InChI=1S/C17H16N2O6S2/c1-10(13-8-11-4-2-3-5-12(11)25-13)19-15(20)9-24-17(21)16-14(6-7-26-16)27(18,22)23/h2-8,10H,9H2,1H3,(H,19,20)(H2,18,22,23)/t10-/m1/s1. The monoisotopic (exact) mass is 408 g/mol. The number of primary sulfonamides is 1. The molecule has 0 bridgehead atoms. The van der Waals surface area contributed by atoms with Gasteiger partial charge in [0, 0.05) is 5.39 Å². The third-order valence-corrected chi connectivity index (χ3v) is 5.68. The van der Waals surface area contributed by atoms with Crippen LogP contribution in [0.5, 0.6) is 0 Å². The van der Waals surface area contributed by atoms with E-state index < -0.39 is 34.5 Å². The summed E-state index contributed by atoms with van der Waals surface area (Å²) in [5, 5.41) is 10.0. The van der Waals surface area contributed by atoms with Gasteiger partial charge in [0.2, 0.25) is 10.0 Å². The van der Waals surface area contributed by atoms with Gasteiger partial charge in [0.25, 0.3) is 5.91 Å². The van der Waals surface area contributed by atoms with Crippen molar-refractivity contribution < 1.29 is 27.2 Å². The predicted molar refractivity (Wildman–Crippen MR) is 98.7 cm³/mol. The molecule has 27 heavy (non-hydrogen) atoms. The zero-order chi connectivity index (χ0) is 19.6. The van der Waals surface area contributed by atoms with Crippen LogP contribution in [0, 0.1) is 0 Å². The van der Waals surface area contributed by atoms with Gasteiger partial charge in [-0.2, -0.15) is 0 Å². The molecule has 0 spiro atoms. The molecule has 0 saturated carbocycles. The number of furan rings is 1. The molecule has 1 atom stereocenters. The average molecular weight is 408 g/mol. The number of amides is 1. The van der Waals surface area contributed by atoms with Gasteiger partial charge in [0.05, 0.1) is 6.04 Å². The third-order valence-electron chi connectivity index (χ3n) is 3.70. The van der Waals surface area contributed by atoms with E-state index in [0.29, 0.717) is 11.3 Å². The summed E-state index contributed by atoms with van der Waals surface area (Å²) in [4.78, 5) is 23.6. The van der Waals surface area contributed by atoms with Crippen molar-refractivity contribution in [1.82, 2.24) is 5.32 Å². The van der Waals surface area contributed by atoms with Gasteiger partial charge in [-0.05, 0) is 30.5 Å². The number of ether oxygens (including phenoxy) is 1. The Bertz CT molecular complexity index is 1070. The summed E-state index contributed by atoms with van der Waals surface area (Å²) in [5.74, 6) is -0.920. The van der Waals surface area contributed by atoms with E-state index in [1.54, 1.807) is 6.92 Å². The lowest BCUT2D eigenvalue weighted by molar-refractivity contribution is -0.125. The highest BCUT2D eigenvalue weighted by Gasteiger charge is 2.23. The Kier molecular flexibility index (Phi) is 5.31. The minimum atomic E-state index is -4.04. The fraction of sp³-hybridized carbons (Fsp3) is 0.176. The maximum absolute atomic E-state index is 12.0. The molecule has 3 N–H and O–H groups in total. The maximum atomic E-state index is 12.0. The SMILES string of the molecule is C[C@@H](NC(=O)COC(=O)c1sccc1S(N)(=O)=O)c1cc2ccccc2o1. The molecule has 0 aliphatic heterocycles. The highest BCUT2D eigenvalue weighted by atomic mass is 32.2. The fourth-order valence-corrected chi connectivity index (χ4v) is 4.30. The minimum absolute atomic E-state index is 0.171. The van der Waals surface area contributed by atoms with Gasteiger partial charge in [-0.1, -0.05) is 18.2 Å². The normalized spacial score (nSPS) is 12.7. The molecule has 0 fully saturated rings. The number of benzene rings is 1. The molecule has 3 aromatic rings. The number of rotatable bonds is 6. The first kappa shape index (κ1) is 19.1. The summed E-state index contributed by atoms with van der Waals surface area (Å²) >= 11 is 0.869. The van der Waals surface area contributed by atoms with Crippen molar-refractivity contribution in [3.63, 3.8) is 0 Å². The topological polar surface area (TPSA) is 129 Å². The van der Waals surface area contributed by atoms with Crippen molar-refractivity contribution in [1.29, 1.82) is 0 Å². The smallest absolute Gasteiger partial charge is 0.350 e. The second kappa shape index (κ2) is 7.51. The molecule has 2 aromatic heterocycles. The van der Waals surface area contributed by atoms with E-state index in [1.807, 2.05) is 30.3 Å². The molecule has 2 heterocycles. The average Bonchev–Trinajstić information content (AvgIpc) is 3.25. The first-order valence-corrected chi connectivity index (χ1v) is 10.2. The molecule has 0 radical (unpaired) electrons. The first-order chi connectivity index (χ1) is 12.8. The molecule has 0 aliphatic carbocycles.